The topological polar surface area (TPSA) is 108 Å². The van der Waals surface area contributed by atoms with E-state index in [0.717, 1.165) is 55.8 Å². The molecule has 0 unspecified atom stereocenters. The molecule has 8 nitrogen and oxygen atoms in total. The van der Waals surface area contributed by atoms with Crippen molar-refractivity contribution in [2.24, 2.45) is 5.92 Å². The lowest BCUT2D eigenvalue weighted by atomic mass is 9.87. The maximum Gasteiger partial charge on any atom is 0.161 e. The van der Waals surface area contributed by atoms with Gasteiger partial charge in [0, 0.05) is 29.2 Å². The monoisotopic (exact) mass is 518 g/mol. The molecule has 1 aliphatic carbocycles. The van der Waals surface area contributed by atoms with Crippen LogP contribution in [0.15, 0.2) is 72.1 Å². The van der Waals surface area contributed by atoms with Crippen LogP contribution in [-0.2, 0) is 0 Å². The van der Waals surface area contributed by atoms with Crippen molar-refractivity contribution in [2.45, 2.75) is 32.1 Å². The summed E-state index contributed by atoms with van der Waals surface area (Å²) < 4.78 is 0. The Balaban J connectivity index is 1.23. The number of allylic oxidation sites excluding steroid dienone is 1. The van der Waals surface area contributed by atoms with Crippen LogP contribution in [0.2, 0.25) is 0 Å². The predicted octanol–water partition coefficient (Wildman–Crippen LogP) is 7.19. The number of thiophene rings is 1. The smallest absolute Gasteiger partial charge is 0.161 e. The summed E-state index contributed by atoms with van der Waals surface area (Å²) in [5.74, 6) is 1.17. The molecule has 0 atom stereocenters. The van der Waals surface area contributed by atoms with Crippen LogP contribution in [0.5, 0.6) is 0 Å². The van der Waals surface area contributed by atoms with E-state index in [-0.39, 0.29) is 0 Å². The van der Waals surface area contributed by atoms with Crippen LogP contribution in [-0.4, -0.2) is 35.1 Å². The number of imidazole rings is 1. The van der Waals surface area contributed by atoms with Crippen molar-refractivity contribution in [3.63, 3.8) is 0 Å². The van der Waals surface area contributed by atoms with Crippen LogP contribution in [0.25, 0.3) is 56.0 Å². The molecule has 9 heteroatoms. The lowest BCUT2D eigenvalue weighted by Crippen LogP contribution is -2.14. The molecule has 6 aromatic rings. The minimum absolute atomic E-state index is 0.523. The fourth-order valence-electron chi connectivity index (χ4n) is 5.29. The van der Waals surface area contributed by atoms with Gasteiger partial charge in [-0.2, -0.15) is 16.4 Å². The number of fused-ring (bicyclic) bond motifs is 2. The molecule has 0 spiro atoms. The van der Waals surface area contributed by atoms with Crippen molar-refractivity contribution in [1.29, 1.82) is 0 Å². The highest BCUT2D eigenvalue weighted by molar-refractivity contribution is 7.08. The summed E-state index contributed by atoms with van der Waals surface area (Å²) in [6, 6.07) is 8.14. The molecule has 38 heavy (non-hydrogen) atoms. The fourth-order valence-corrected chi connectivity index (χ4v) is 5.94. The summed E-state index contributed by atoms with van der Waals surface area (Å²) in [4.78, 5) is 22.2. The molecule has 6 heterocycles. The van der Waals surface area contributed by atoms with Crippen LogP contribution in [0, 0.1) is 5.92 Å². The maximum atomic E-state index is 4.98. The first kappa shape index (κ1) is 22.8. The van der Waals surface area contributed by atoms with Gasteiger partial charge < -0.3 is 10.3 Å². The highest BCUT2D eigenvalue weighted by atomic mass is 32.1. The first-order chi connectivity index (χ1) is 18.7. The highest BCUT2D eigenvalue weighted by Crippen LogP contribution is 2.33. The molecule has 0 saturated heterocycles. The summed E-state index contributed by atoms with van der Waals surface area (Å²) in [6.07, 6.45) is 13.6. The minimum Gasteiger partial charge on any atom is -0.358 e. The number of hydrogen-bond acceptors (Lipinski definition) is 7. The summed E-state index contributed by atoms with van der Waals surface area (Å²) >= 11 is 1.65. The number of anilines is 1. The quantitative estimate of drug-likeness (QED) is 0.215. The van der Waals surface area contributed by atoms with Gasteiger partial charge in [0.15, 0.2) is 11.5 Å². The molecular formula is C29H26N8S. The van der Waals surface area contributed by atoms with E-state index in [1.165, 1.54) is 32.1 Å². The van der Waals surface area contributed by atoms with E-state index < -0.39 is 0 Å². The van der Waals surface area contributed by atoms with Crippen molar-refractivity contribution in [3.8, 4) is 33.9 Å². The first-order valence-electron chi connectivity index (χ1n) is 12.9. The zero-order valence-electron chi connectivity index (χ0n) is 20.7. The van der Waals surface area contributed by atoms with Crippen LogP contribution in [0.3, 0.4) is 0 Å². The second-order valence-electron chi connectivity index (χ2n) is 9.79. The molecule has 3 N–H and O–H groups in total. The number of nitrogens with zero attached hydrogens (tertiary/aromatic N) is 5. The van der Waals surface area contributed by atoms with E-state index in [9.17, 15) is 0 Å². The van der Waals surface area contributed by atoms with Gasteiger partial charge in [0.05, 0.1) is 34.8 Å². The number of nitrogens with one attached hydrogen (secondary N) is 3. The summed E-state index contributed by atoms with van der Waals surface area (Å²) in [5, 5.41) is 15.3. The molecule has 6 aromatic heterocycles. The Morgan fingerprint density at radius 1 is 0.921 bits per heavy atom. The molecule has 0 aromatic carbocycles. The number of pyridine rings is 3. The van der Waals surface area contributed by atoms with Gasteiger partial charge in [0.2, 0.25) is 0 Å². The Hall–Kier alpha value is -4.37. The van der Waals surface area contributed by atoms with Gasteiger partial charge in [-0.3, -0.25) is 15.1 Å². The molecule has 1 saturated carbocycles. The largest absolute Gasteiger partial charge is 0.358 e. The van der Waals surface area contributed by atoms with Gasteiger partial charge in [-0.25, -0.2) is 9.97 Å². The van der Waals surface area contributed by atoms with Crippen molar-refractivity contribution in [1.82, 2.24) is 35.1 Å². The third kappa shape index (κ3) is 4.14. The van der Waals surface area contributed by atoms with Crippen molar-refractivity contribution >= 4 is 39.1 Å². The van der Waals surface area contributed by atoms with Crippen LogP contribution in [0.4, 0.5) is 5.69 Å². The summed E-state index contributed by atoms with van der Waals surface area (Å²) in [7, 11) is 0. The second kappa shape index (κ2) is 9.50. The normalized spacial score (nSPS) is 14.3. The van der Waals surface area contributed by atoms with E-state index in [1.54, 1.807) is 17.5 Å². The molecule has 0 amide bonds. The number of rotatable bonds is 6. The maximum absolute atomic E-state index is 4.98. The molecule has 1 aliphatic rings. The average molecular weight is 519 g/mol. The fraction of sp³-hybridized carbons (Fsp3) is 0.207. The molecule has 0 bridgehead atoms. The first-order valence-corrected chi connectivity index (χ1v) is 13.8. The SMILES string of the molecule is C=C(Nc1cncc(-c2ccc3[nH]nc(-c4nc5c(-c6ccsc6)cncc5[nH]4)c3n2)c1)C1CCCCC1. The average Bonchev–Trinajstić information content (AvgIpc) is 3.73. The molecule has 7 rings (SSSR count). The molecular weight excluding hydrogens is 492 g/mol. The minimum atomic E-state index is 0.523. The number of aromatic nitrogens is 7. The Kier molecular flexibility index (Phi) is 5.70. The highest BCUT2D eigenvalue weighted by Gasteiger charge is 2.19. The molecule has 0 aliphatic heterocycles. The van der Waals surface area contributed by atoms with Crippen molar-refractivity contribution in [2.75, 3.05) is 5.32 Å². The van der Waals surface area contributed by atoms with E-state index in [0.29, 0.717) is 17.4 Å². The van der Waals surface area contributed by atoms with Crippen molar-refractivity contribution in [3.05, 3.63) is 72.1 Å². The van der Waals surface area contributed by atoms with Gasteiger partial charge in [-0.05, 0) is 59.3 Å². The number of aromatic amines is 2. The zero-order chi connectivity index (χ0) is 25.5. The molecule has 188 valence electrons. The predicted molar refractivity (Wildman–Crippen MR) is 153 cm³/mol. The second-order valence-corrected chi connectivity index (χ2v) is 10.6. The Morgan fingerprint density at radius 3 is 2.68 bits per heavy atom. The standard InChI is InChI=1S/C29H26N8S/c1-17(18-5-3-2-4-6-18)32-21-11-20(12-30-13-21)23-7-8-24-27(33-23)28(37-36-24)29-34-25-15-31-14-22(26(25)35-29)19-9-10-38-16-19/h7-16,18,32H,1-6H2,(H,34,35)(H,36,37). The Morgan fingerprint density at radius 2 is 1.82 bits per heavy atom. The lowest BCUT2D eigenvalue weighted by molar-refractivity contribution is 0.405. The summed E-state index contributed by atoms with van der Waals surface area (Å²) in [5.41, 5.74) is 9.82. The van der Waals surface area contributed by atoms with Gasteiger partial charge >= 0.3 is 0 Å². The van der Waals surface area contributed by atoms with Crippen LogP contribution in [0.1, 0.15) is 32.1 Å². The van der Waals surface area contributed by atoms with E-state index in [2.05, 4.69) is 59.9 Å². The van der Waals surface area contributed by atoms with Gasteiger partial charge in [0.1, 0.15) is 11.0 Å². The zero-order valence-corrected chi connectivity index (χ0v) is 21.6. The summed E-state index contributed by atoms with van der Waals surface area (Å²) in [6.45, 7) is 4.31. The van der Waals surface area contributed by atoms with Gasteiger partial charge in [-0.1, -0.05) is 25.8 Å². The third-order valence-corrected chi connectivity index (χ3v) is 7.98. The molecule has 1 fully saturated rings. The Bertz CT molecular complexity index is 1760. The number of hydrogen-bond donors (Lipinski definition) is 3. The van der Waals surface area contributed by atoms with Gasteiger partial charge in [0.25, 0.3) is 0 Å². The van der Waals surface area contributed by atoms with Crippen LogP contribution < -0.4 is 5.32 Å². The number of H-pyrrole nitrogens is 2. The third-order valence-electron chi connectivity index (χ3n) is 7.30. The van der Waals surface area contributed by atoms with Crippen LogP contribution >= 0.6 is 11.3 Å². The van der Waals surface area contributed by atoms with E-state index in [1.807, 2.05) is 30.7 Å². The van der Waals surface area contributed by atoms with E-state index >= 15 is 0 Å². The van der Waals surface area contributed by atoms with Gasteiger partial charge in [-0.15, -0.1) is 0 Å². The van der Waals surface area contributed by atoms with Crippen molar-refractivity contribution < 1.29 is 0 Å². The Labute approximate surface area is 223 Å². The van der Waals surface area contributed by atoms with E-state index in [4.69, 9.17) is 9.97 Å². The molecule has 0 radical (unpaired) electrons. The lowest BCUT2D eigenvalue weighted by Gasteiger charge is -2.24.